The van der Waals surface area contributed by atoms with E-state index in [1.165, 1.54) is 13.8 Å². The van der Waals surface area contributed by atoms with Gasteiger partial charge in [0.05, 0.1) is 12.1 Å². The van der Waals surface area contributed by atoms with Gasteiger partial charge in [0.15, 0.2) is 0 Å². The van der Waals surface area contributed by atoms with Crippen LogP contribution in [0.3, 0.4) is 0 Å². The molecule has 0 atom stereocenters. The van der Waals surface area contributed by atoms with E-state index in [2.05, 4.69) is 0 Å². The van der Waals surface area contributed by atoms with Gasteiger partial charge in [0.2, 0.25) is 16.8 Å². The van der Waals surface area contributed by atoms with E-state index in [1.54, 1.807) is 40.6 Å². The summed E-state index contributed by atoms with van der Waals surface area (Å²) in [5.41, 5.74) is 0. The Balaban J connectivity index is -0.000000368. The molecule has 0 bridgehead atoms. The first-order chi connectivity index (χ1) is 15.0. The fourth-order valence-corrected chi connectivity index (χ4v) is 3.64. The molecular weight excluding hydrogens is 566 g/mol. The van der Waals surface area contributed by atoms with Crippen LogP contribution < -0.4 is 10.6 Å². The van der Waals surface area contributed by atoms with Crippen LogP contribution in [0.25, 0.3) is 0 Å². The molecule has 0 aromatic heterocycles. The van der Waals surface area contributed by atoms with Crippen LogP contribution in [0, 0.1) is 22.7 Å². The van der Waals surface area contributed by atoms with Crippen molar-refractivity contribution in [1.82, 2.24) is 0 Å². The summed E-state index contributed by atoms with van der Waals surface area (Å²) in [7, 11) is 14.6. The zero-order chi connectivity index (χ0) is 24.3. The van der Waals surface area contributed by atoms with Crippen molar-refractivity contribution >= 4 is 46.7 Å². The third-order valence-electron chi connectivity index (χ3n) is 2.60. The molecule has 31 heavy (non-hydrogen) atoms. The van der Waals surface area contributed by atoms with Gasteiger partial charge in [-0.15, -0.1) is 0 Å². The predicted octanol–water partition coefficient (Wildman–Crippen LogP) is 6.27. The van der Waals surface area contributed by atoms with Crippen LogP contribution in [0.1, 0.15) is 13.8 Å². The Morgan fingerprint density at radius 1 is 0.645 bits per heavy atom. The molecule has 0 saturated carbocycles. The molecular formula is C20H28Cl2N2O4P2Ru. The number of hydrogen-bond acceptors (Lipinski definition) is 6. The molecule has 0 heterocycles. The van der Waals surface area contributed by atoms with Crippen molar-refractivity contribution in [2.75, 3.05) is 28.4 Å². The van der Waals surface area contributed by atoms with Crippen LogP contribution in [0.15, 0.2) is 60.7 Å². The predicted molar refractivity (Wildman–Crippen MR) is 128 cm³/mol. The van der Waals surface area contributed by atoms with E-state index in [1.807, 2.05) is 60.7 Å². The van der Waals surface area contributed by atoms with E-state index in [0.29, 0.717) is 0 Å². The average molecular weight is 594 g/mol. The Morgan fingerprint density at radius 2 is 0.839 bits per heavy atom. The van der Waals surface area contributed by atoms with Crippen molar-refractivity contribution < 1.29 is 33.2 Å². The van der Waals surface area contributed by atoms with E-state index in [4.69, 9.17) is 48.0 Å². The van der Waals surface area contributed by atoms with Crippen LogP contribution in [0.5, 0.6) is 0 Å². The third kappa shape index (κ3) is 22.3. The molecule has 0 fully saturated rings. The minimum absolute atomic E-state index is 0.346. The van der Waals surface area contributed by atoms with Gasteiger partial charge in [-0.1, -0.05) is 36.4 Å². The molecule has 2 rings (SSSR count). The number of halogens is 2. The summed E-state index contributed by atoms with van der Waals surface area (Å²) in [6.45, 7) is 2.86. The monoisotopic (exact) mass is 594 g/mol. The summed E-state index contributed by atoms with van der Waals surface area (Å²) < 4.78 is 20.5. The molecule has 0 radical (unpaired) electrons. The fraction of sp³-hybridized carbons (Fsp3) is 0.300. The van der Waals surface area contributed by atoms with Crippen molar-refractivity contribution in [3.05, 3.63) is 60.7 Å². The number of nitriles is 2. The maximum absolute atomic E-state index is 7.32. The Labute approximate surface area is 204 Å². The SMILES string of the molecule is CC#N.CC#N.COP(OC)c1ccccc1.COP(OC)c1ccccc1.[Cl][Ru][Cl]. The van der Waals surface area contributed by atoms with Crippen LogP contribution in [-0.4, -0.2) is 28.4 Å². The second-order valence-corrected chi connectivity index (χ2v) is 10.6. The van der Waals surface area contributed by atoms with Crippen LogP contribution in [0.4, 0.5) is 0 Å². The molecule has 0 aliphatic rings. The van der Waals surface area contributed by atoms with Crippen molar-refractivity contribution in [2.45, 2.75) is 13.8 Å². The molecule has 2 aromatic carbocycles. The van der Waals surface area contributed by atoms with Gasteiger partial charge in [-0.25, -0.2) is 0 Å². The first-order valence-corrected chi connectivity index (χ1v) is 15.2. The Kier molecular flexibility index (Phi) is 33.0. The third-order valence-corrected chi connectivity index (χ3v) is 5.36. The van der Waals surface area contributed by atoms with Crippen LogP contribution >= 0.6 is 36.1 Å². The topological polar surface area (TPSA) is 84.5 Å². The Hall–Kier alpha value is -0.677. The number of nitrogens with zero attached hydrogens (tertiary/aromatic N) is 2. The molecule has 0 aliphatic heterocycles. The summed E-state index contributed by atoms with van der Waals surface area (Å²) >= 11 is -0.346. The van der Waals surface area contributed by atoms with Gasteiger partial charge in [0.25, 0.3) is 0 Å². The maximum atomic E-state index is 7.32. The zero-order valence-electron chi connectivity index (χ0n) is 18.3. The van der Waals surface area contributed by atoms with Gasteiger partial charge in [0.1, 0.15) is 0 Å². The average Bonchev–Trinajstić information content (AvgIpc) is 2.79. The van der Waals surface area contributed by atoms with Gasteiger partial charge >= 0.3 is 34.5 Å². The second-order valence-electron chi connectivity index (χ2n) is 4.41. The van der Waals surface area contributed by atoms with E-state index < -0.39 is 16.8 Å². The number of benzene rings is 2. The molecule has 6 nitrogen and oxygen atoms in total. The van der Waals surface area contributed by atoms with Crippen molar-refractivity contribution in [2.24, 2.45) is 0 Å². The summed E-state index contributed by atoms with van der Waals surface area (Å²) in [5.74, 6) is 0. The van der Waals surface area contributed by atoms with Crippen LogP contribution in [-0.2, 0) is 33.2 Å². The number of rotatable bonds is 6. The molecule has 2 aromatic rings. The van der Waals surface area contributed by atoms with E-state index in [0.717, 1.165) is 10.6 Å². The fourth-order valence-electron chi connectivity index (χ4n) is 1.67. The first kappa shape index (κ1) is 34.9. The number of hydrogen-bond donors (Lipinski definition) is 0. The molecule has 0 spiro atoms. The Bertz CT molecular complexity index is 626. The second kappa shape index (κ2) is 29.3. The molecule has 0 saturated heterocycles. The van der Waals surface area contributed by atoms with Gasteiger partial charge in [-0.05, 0) is 24.3 Å². The van der Waals surface area contributed by atoms with Gasteiger partial charge in [0, 0.05) is 52.9 Å². The zero-order valence-corrected chi connectivity index (χ0v) is 23.3. The van der Waals surface area contributed by atoms with E-state index in [-0.39, 0.29) is 15.1 Å². The minimum atomic E-state index is -0.851. The van der Waals surface area contributed by atoms with Crippen molar-refractivity contribution in [3.63, 3.8) is 0 Å². The van der Waals surface area contributed by atoms with Crippen molar-refractivity contribution in [3.8, 4) is 12.1 Å². The molecule has 0 amide bonds. The van der Waals surface area contributed by atoms with E-state index in [9.17, 15) is 0 Å². The summed E-state index contributed by atoms with van der Waals surface area (Å²) in [5, 5.41) is 16.8. The Morgan fingerprint density at radius 3 is 1.00 bits per heavy atom. The molecule has 174 valence electrons. The van der Waals surface area contributed by atoms with E-state index >= 15 is 0 Å². The summed E-state index contributed by atoms with van der Waals surface area (Å²) in [6, 6.07) is 23.3. The molecule has 0 N–H and O–H groups in total. The molecule has 11 heteroatoms. The standard InChI is InChI=1S/2C8H11O2P.2C2H3N.2ClH.Ru/c2*1-9-11(10-2)8-6-4-3-5-7-8;2*1-2-3;;;/h2*3-7H,1-2H3;2*1H3;2*1H;/q;;;;;;+2/p-2. The molecule has 0 aliphatic carbocycles. The van der Waals surface area contributed by atoms with Gasteiger partial charge in [-0.2, -0.15) is 10.5 Å². The van der Waals surface area contributed by atoms with Gasteiger partial charge < -0.3 is 18.1 Å². The summed E-state index contributed by atoms with van der Waals surface area (Å²) in [6.07, 6.45) is 0. The first-order valence-electron chi connectivity index (χ1n) is 8.35. The normalized spacial score (nSPS) is 8.65. The summed E-state index contributed by atoms with van der Waals surface area (Å²) in [4.78, 5) is 0. The van der Waals surface area contributed by atoms with Crippen LogP contribution in [0.2, 0.25) is 0 Å². The van der Waals surface area contributed by atoms with Gasteiger partial charge in [-0.3, -0.25) is 0 Å². The quantitative estimate of drug-likeness (QED) is 0.290. The molecule has 0 unspecified atom stereocenters. The van der Waals surface area contributed by atoms with Crippen molar-refractivity contribution in [1.29, 1.82) is 10.5 Å².